The number of methoxy groups -OCH3 is 1. The van der Waals surface area contributed by atoms with E-state index in [0.717, 1.165) is 10.9 Å². The first kappa shape index (κ1) is 15.2. The van der Waals surface area contributed by atoms with Gasteiger partial charge in [-0.3, -0.25) is 0 Å². The van der Waals surface area contributed by atoms with Crippen molar-refractivity contribution in [3.63, 3.8) is 0 Å². The van der Waals surface area contributed by atoms with Gasteiger partial charge in [0, 0.05) is 11.9 Å². The minimum Gasteiger partial charge on any atom is -0.465 e. The van der Waals surface area contributed by atoms with Gasteiger partial charge in [0.05, 0.1) is 18.2 Å². The Labute approximate surface area is 138 Å². The Morgan fingerprint density at radius 2 is 1.96 bits per heavy atom. The molecule has 0 atom stereocenters. The predicted molar refractivity (Wildman–Crippen MR) is 89.7 cm³/mol. The molecule has 6 heteroatoms. The van der Waals surface area contributed by atoms with Crippen LogP contribution in [-0.4, -0.2) is 23.0 Å². The fraction of sp³-hybridized carbons (Fsp3) is 0.118. The molecule has 0 aliphatic rings. The van der Waals surface area contributed by atoms with Crippen molar-refractivity contribution < 1.29 is 9.53 Å². The number of aromatic nitrogens is 2. The second-order valence-corrected chi connectivity index (χ2v) is 5.24. The van der Waals surface area contributed by atoms with E-state index in [1.807, 2.05) is 30.3 Å². The number of carbonyl (C=O) groups is 1. The van der Waals surface area contributed by atoms with Gasteiger partial charge in [-0.1, -0.05) is 30.3 Å². The molecule has 0 saturated carbocycles. The van der Waals surface area contributed by atoms with E-state index in [1.54, 1.807) is 18.2 Å². The number of benzene rings is 2. The number of esters is 1. The van der Waals surface area contributed by atoms with E-state index in [4.69, 9.17) is 16.3 Å². The second kappa shape index (κ2) is 6.62. The molecular weight excluding hydrogens is 314 g/mol. The van der Waals surface area contributed by atoms with Crippen LogP contribution in [0.15, 0.2) is 48.5 Å². The van der Waals surface area contributed by atoms with Crippen LogP contribution in [-0.2, 0) is 11.3 Å². The number of halogens is 1. The van der Waals surface area contributed by atoms with Gasteiger partial charge < -0.3 is 10.1 Å². The zero-order valence-corrected chi connectivity index (χ0v) is 13.2. The topological polar surface area (TPSA) is 64.1 Å². The Bertz CT molecular complexity index is 853. The highest BCUT2D eigenvalue weighted by atomic mass is 35.5. The highest BCUT2D eigenvalue weighted by Gasteiger charge is 2.11. The Hall–Kier alpha value is -2.66. The first-order valence-electron chi connectivity index (χ1n) is 7.01. The van der Waals surface area contributed by atoms with Gasteiger partial charge in [-0.15, -0.1) is 0 Å². The van der Waals surface area contributed by atoms with Crippen LogP contribution in [0.1, 0.15) is 15.9 Å². The van der Waals surface area contributed by atoms with Gasteiger partial charge in [0.2, 0.25) is 5.28 Å². The molecule has 3 aromatic rings. The molecule has 0 saturated heterocycles. The number of fused-ring (bicyclic) bond motifs is 1. The minimum atomic E-state index is -0.416. The van der Waals surface area contributed by atoms with Crippen molar-refractivity contribution in [3.05, 3.63) is 64.9 Å². The number of hydrogen-bond donors (Lipinski definition) is 1. The van der Waals surface area contributed by atoms with Crippen LogP contribution in [0.3, 0.4) is 0 Å². The molecule has 116 valence electrons. The normalized spacial score (nSPS) is 10.5. The number of carbonyl (C=O) groups excluding carboxylic acids is 1. The molecule has 0 radical (unpaired) electrons. The van der Waals surface area contributed by atoms with E-state index in [2.05, 4.69) is 15.3 Å². The van der Waals surface area contributed by atoms with Gasteiger partial charge in [-0.25, -0.2) is 14.8 Å². The molecule has 0 bridgehead atoms. The lowest BCUT2D eigenvalue weighted by molar-refractivity contribution is 0.0601. The Morgan fingerprint density at radius 1 is 1.17 bits per heavy atom. The molecule has 1 aromatic heterocycles. The molecule has 0 amide bonds. The lowest BCUT2D eigenvalue weighted by atomic mass is 10.1. The monoisotopic (exact) mass is 327 g/mol. The molecule has 1 heterocycles. The molecule has 0 aliphatic carbocycles. The van der Waals surface area contributed by atoms with Crippen molar-refractivity contribution >= 4 is 34.3 Å². The maximum absolute atomic E-state index is 11.6. The van der Waals surface area contributed by atoms with Crippen LogP contribution in [0.5, 0.6) is 0 Å². The van der Waals surface area contributed by atoms with Crippen LogP contribution >= 0.6 is 11.6 Å². The smallest absolute Gasteiger partial charge is 0.337 e. The lowest BCUT2D eigenvalue weighted by Gasteiger charge is -2.10. The fourth-order valence-electron chi connectivity index (χ4n) is 2.26. The zero-order chi connectivity index (χ0) is 16.2. The SMILES string of the molecule is COC(=O)c1ccc2c(NCc3ccccc3)nc(Cl)nc2c1. The van der Waals surface area contributed by atoms with Crippen molar-refractivity contribution in [3.8, 4) is 0 Å². The summed E-state index contributed by atoms with van der Waals surface area (Å²) >= 11 is 5.99. The summed E-state index contributed by atoms with van der Waals surface area (Å²) < 4.78 is 4.72. The number of hydrogen-bond acceptors (Lipinski definition) is 5. The summed E-state index contributed by atoms with van der Waals surface area (Å²) in [4.78, 5) is 20.0. The Kier molecular flexibility index (Phi) is 4.39. The lowest BCUT2D eigenvalue weighted by Crippen LogP contribution is -2.05. The molecule has 0 fully saturated rings. The molecule has 0 unspecified atom stereocenters. The van der Waals surface area contributed by atoms with Crippen LogP contribution in [0.4, 0.5) is 5.82 Å². The summed E-state index contributed by atoms with van der Waals surface area (Å²) in [7, 11) is 1.34. The van der Waals surface area contributed by atoms with Crippen molar-refractivity contribution in [1.29, 1.82) is 0 Å². The maximum Gasteiger partial charge on any atom is 0.337 e. The maximum atomic E-state index is 11.6. The number of anilines is 1. The molecule has 0 aliphatic heterocycles. The standard InChI is InChI=1S/C17H14ClN3O2/c1-23-16(22)12-7-8-13-14(9-12)20-17(18)21-15(13)19-10-11-5-3-2-4-6-11/h2-9H,10H2,1H3,(H,19,20,21). The molecule has 1 N–H and O–H groups in total. The third-order valence-electron chi connectivity index (χ3n) is 3.39. The summed E-state index contributed by atoms with van der Waals surface area (Å²) in [5.41, 5.74) is 2.13. The van der Waals surface area contributed by atoms with E-state index in [9.17, 15) is 4.79 Å². The van der Waals surface area contributed by atoms with Crippen LogP contribution < -0.4 is 5.32 Å². The van der Waals surface area contributed by atoms with Crippen molar-refractivity contribution in [1.82, 2.24) is 9.97 Å². The third-order valence-corrected chi connectivity index (χ3v) is 3.56. The fourth-order valence-corrected chi connectivity index (χ4v) is 2.44. The van der Waals surface area contributed by atoms with Gasteiger partial charge in [0.15, 0.2) is 0 Å². The summed E-state index contributed by atoms with van der Waals surface area (Å²) in [5.74, 6) is 0.209. The number of nitrogens with one attached hydrogen (secondary N) is 1. The van der Waals surface area contributed by atoms with Crippen molar-refractivity contribution in [2.45, 2.75) is 6.54 Å². The third kappa shape index (κ3) is 3.40. The molecular formula is C17H14ClN3O2. The number of ether oxygens (including phenoxy) is 1. The minimum absolute atomic E-state index is 0.120. The summed E-state index contributed by atoms with van der Waals surface area (Å²) in [6.45, 7) is 0.613. The second-order valence-electron chi connectivity index (χ2n) is 4.90. The van der Waals surface area contributed by atoms with E-state index in [1.165, 1.54) is 7.11 Å². The van der Waals surface area contributed by atoms with E-state index < -0.39 is 5.97 Å². The predicted octanol–water partition coefficient (Wildman–Crippen LogP) is 3.68. The average molecular weight is 328 g/mol. The van der Waals surface area contributed by atoms with Gasteiger partial charge in [0.25, 0.3) is 0 Å². The largest absolute Gasteiger partial charge is 0.465 e. The quantitative estimate of drug-likeness (QED) is 0.585. The molecule has 0 spiro atoms. The van der Waals surface area contributed by atoms with Gasteiger partial charge in [-0.05, 0) is 35.4 Å². The first-order valence-corrected chi connectivity index (χ1v) is 7.38. The van der Waals surface area contributed by atoms with Crippen LogP contribution in [0.2, 0.25) is 5.28 Å². The van der Waals surface area contributed by atoms with Gasteiger partial charge in [0.1, 0.15) is 5.82 Å². The van der Waals surface area contributed by atoms with Crippen molar-refractivity contribution in [2.24, 2.45) is 0 Å². The Morgan fingerprint density at radius 3 is 2.70 bits per heavy atom. The van der Waals surface area contributed by atoms with Crippen molar-refractivity contribution in [2.75, 3.05) is 12.4 Å². The first-order chi connectivity index (χ1) is 11.2. The van der Waals surface area contributed by atoms with E-state index in [-0.39, 0.29) is 5.28 Å². The summed E-state index contributed by atoms with van der Waals surface area (Å²) in [6.07, 6.45) is 0. The van der Waals surface area contributed by atoms with Gasteiger partial charge >= 0.3 is 5.97 Å². The summed E-state index contributed by atoms with van der Waals surface area (Å²) in [6, 6.07) is 15.1. The molecule has 23 heavy (non-hydrogen) atoms. The number of nitrogens with zero attached hydrogens (tertiary/aromatic N) is 2. The van der Waals surface area contributed by atoms with Crippen LogP contribution in [0, 0.1) is 0 Å². The highest BCUT2D eigenvalue weighted by Crippen LogP contribution is 2.24. The van der Waals surface area contributed by atoms with Gasteiger partial charge in [-0.2, -0.15) is 0 Å². The van der Waals surface area contributed by atoms with Crippen LogP contribution in [0.25, 0.3) is 10.9 Å². The average Bonchev–Trinajstić information content (AvgIpc) is 2.59. The summed E-state index contributed by atoms with van der Waals surface area (Å²) in [5, 5.41) is 4.17. The number of rotatable bonds is 4. The van der Waals surface area contributed by atoms with E-state index in [0.29, 0.717) is 23.4 Å². The molecule has 2 aromatic carbocycles. The molecule has 3 rings (SSSR count). The zero-order valence-electron chi connectivity index (χ0n) is 12.4. The van der Waals surface area contributed by atoms with E-state index >= 15 is 0 Å². The highest BCUT2D eigenvalue weighted by molar-refractivity contribution is 6.28. The Balaban J connectivity index is 1.95. The molecule has 5 nitrogen and oxygen atoms in total.